The van der Waals surface area contributed by atoms with Gasteiger partial charge in [-0.15, -0.1) is 0 Å². The molecular weight excluding hydrogens is 180 g/mol. The Morgan fingerprint density at radius 1 is 1.57 bits per heavy atom. The van der Waals surface area contributed by atoms with Gasteiger partial charge in [0.25, 0.3) is 0 Å². The molecule has 0 aromatic carbocycles. The number of Topliss-reactive ketones (excluding diaryl/α,β-unsaturated/α-hetero) is 1. The molecule has 1 aliphatic carbocycles. The van der Waals surface area contributed by atoms with Gasteiger partial charge in [0.2, 0.25) is 0 Å². The lowest BCUT2D eigenvalue weighted by atomic mass is 9.78. The Bertz CT molecular complexity index is 248. The number of aliphatic hydroxyl groups excluding tert-OH is 1. The van der Waals surface area contributed by atoms with E-state index in [0.717, 1.165) is 6.42 Å². The van der Waals surface area contributed by atoms with Crippen LogP contribution in [0, 0.1) is 5.92 Å². The molecule has 0 amide bonds. The van der Waals surface area contributed by atoms with Crippen LogP contribution in [0.15, 0.2) is 11.6 Å². The standard InChI is InChI=1S/C11H18O3/c1-11(2,14)9-4-3-8(5-6-12)10(13)7-9/h3,9,12,14H,4-7H2,1-2H3/t9-/m1/s1. The molecule has 3 nitrogen and oxygen atoms in total. The van der Waals surface area contributed by atoms with E-state index in [1.54, 1.807) is 13.8 Å². The average Bonchev–Trinajstić information content (AvgIpc) is 2.07. The number of carbonyl (C=O) groups excluding carboxylic acids is 1. The lowest BCUT2D eigenvalue weighted by molar-refractivity contribution is -0.119. The Labute approximate surface area is 84.4 Å². The molecule has 0 radical (unpaired) electrons. The fourth-order valence-electron chi connectivity index (χ4n) is 1.74. The summed E-state index contributed by atoms with van der Waals surface area (Å²) < 4.78 is 0. The highest BCUT2D eigenvalue weighted by Gasteiger charge is 2.31. The quantitative estimate of drug-likeness (QED) is 0.712. The van der Waals surface area contributed by atoms with Gasteiger partial charge in [-0.1, -0.05) is 6.08 Å². The number of hydrogen-bond donors (Lipinski definition) is 2. The van der Waals surface area contributed by atoms with E-state index < -0.39 is 5.60 Å². The van der Waals surface area contributed by atoms with Crippen LogP contribution in [-0.2, 0) is 4.79 Å². The highest BCUT2D eigenvalue weighted by Crippen LogP contribution is 2.30. The molecular formula is C11H18O3. The van der Waals surface area contributed by atoms with Crippen LogP contribution in [0.4, 0.5) is 0 Å². The maximum atomic E-state index is 11.6. The number of aliphatic hydroxyl groups is 2. The van der Waals surface area contributed by atoms with Gasteiger partial charge in [0.15, 0.2) is 5.78 Å². The third kappa shape index (κ3) is 2.66. The van der Waals surface area contributed by atoms with E-state index in [0.29, 0.717) is 18.4 Å². The van der Waals surface area contributed by atoms with Crippen LogP contribution in [0.3, 0.4) is 0 Å². The van der Waals surface area contributed by atoms with Crippen LogP contribution in [0.25, 0.3) is 0 Å². The van der Waals surface area contributed by atoms with Crippen molar-refractivity contribution in [2.75, 3.05) is 6.61 Å². The highest BCUT2D eigenvalue weighted by atomic mass is 16.3. The molecule has 2 N–H and O–H groups in total. The summed E-state index contributed by atoms with van der Waals surface area (Å²) in [5.74, 6) is 0.0786. The van der Waals surface area contributed by atoms with Gasteiger partial charge >= 0.3 is 0 Å². The van der Waals surface area contributed by atoms with Crippen LogP contribution in [0.5, 0.6) is 0 Å². The molecule has 0 unspecified atom stereocenters. The smallest absolute Gasteiger partial charge is 0.159 e. The van der Waals surface area contributed by atoms with E-state index in [9.17, 15) is 9.90 Å². The first-order valence-corrected chi connectivity index (χ1v) is 5.00. The average molecular weight is 198 g/mol. The zero-order valence-electron chi connectivity index (χ0n) is 8.79. The molecule has 0 saturated carbocycles. The number of rotatable bonds is 3. The van der Waals surface area contributed by atoms with Gasteiger partial charge in [0, 0.05) is 13.0 Å². The largest absolute Gasteiger partial charge is 0.396 e. The summed E-state index contributed by atoms with van der Waals surface area (Å²) in [7, 11) is 0. The van der Waals surface area contributed by atoms with E-state index in [1.807, 2.05) is 6.08 Å². The summed E-state index contributed by atoms with van der Waals surface area (Å²) in [6.07, 6.45) is 3.42. The van der Waals surface area contributed by atoms with Crippen molar-refractivity contribution in [3.05, 3.63) is 11.6 Å². The molecule has 0 fully saturated rings. The van der Waals surface area contributed by atoms with E-state index in [4.69, 9.17) is 5.11 Å². The van der Waals surface area contributed by atoms with Crippen LogP contribution in [-0.4, -0.2) is 28.2 Å². The Kier molecular flexibility index (Phi) is 3.45. The highest BCUT2D eigenvalue weighted by molar-refractivity contribution is 5.96. The fraction of sp³-hybridized carbons (Fsp3) is 0.727. The summed E-state index contributed by atoms with van der Waals surface area (Å²) in [5, 5.41) is 18.5. The fourth-order valence-corrected chi connectivity index (χ4v) is 1.74. The maximum Gasteiger partial charge on any atom is 0.159 e. The lowest BCUT2D eigenvalue weighted by Crippen LogP contribution is -2.34. The number of ketones is 1. The molecule has 0 aromatic heterocycles. The predicted molar refractivity (Wildman–Crippen MR) is 53.8 cm³/mol. The maximum absolute atomic E-state index is 11.6. The number of allylic oxidation sites excluding steroid dienone is 1. The van der Waals surface area contributed by atoms with Gasteiger partial charge < -0.3 is 10.2 Å². The normalized spacial score (nSPS) is 23.6. The van der Waals surface area contributed by atoms with Gasteiger partial charge in [-0.05, 0) is 38.2 Å². The van der Waals surface area contributed by atoms with Crippen molar-refractivity contribution >= 4 is 5.78 Å². The van der Waals surface area contributed by atoms with Crippen molar-refractivity contribution in [2.24, 2.45) is 5.92 Å². The van der Waals surface area contributed by atoms with Crippen LogP contribution in [0.1, 0.15) is 33.1 Å². The second kappa shape index (κ2) is 4.24. The minimum absolute atomic E-state index is 0.0115. The Morgan fingerprint density at radius 3 is 2.64 bits per heavy atom. The molecule has 0 aromatic rings. The van der Waals surface area contributed by atoms with Crippen molar-refractivity contribution in [1.82, 2.24) is 0 Å². The minimum Gasteiger partial charge on any atom is -0.396 e. The van der Waals surface area contributed by atoms with Crippen molar-refractivity contribution in [3.63, 3.8) is 0 Å². The molecule has 0 heterocycles. The first-order chi connectivity index (χ1) is 6.45. The summed E-state index contributed by atoms with van der Waals surface area (Å²) in [5.41, 5.74) is -0.0790. The van der Waals surface area contributed by atoms with Crippen molar-refractivity contribution in [3.8, 4) is 0 Å². The molecule has 0 saturated heterocycles. The Morgan fingerprint density at radius 2 is 2.21 bits per heavy atom. The topological polar surface area (TPSA) is 57.5 Å². The summed E-state index contributed by atoms with van der Waals surface area (Å²) in [4.78, 5) is 11.6. The second-order valence-corrected chi connectivity index (χ2v) is 4.42. The van der Waals surface area contributed by atoms with E-state index in [-0.39, 0.29) is 18.3 Å². The lowest BCUT2D eigenvalue weighted by Gasteiger charge is -2.31. The molecule has 1 rings (SSSR count). The van der Waals surface area contributed by atoms with E-state index in [2.05, 4.69) is 0 Å². The van der Waals surface area contributed by atoms with Gasteiger partial charge in [-0.2, -0.15) is 0 Å². The monoisotopic (exact) mass is 198 g/mol. The van der Waals surface area contributed by atoms with Gasteiger partial charge in [-0.3, -0.25) is 4.79 Å². The number of carbonyl (C=O) groups is 1. The zero-order valence-corrected chi connectivity index (χ0v) is 8.79. The molecule has 0 spiro atoms. The molecule has 1 atom stereocenters. The Hall–Kier alpha value is -0.670. The Balaban J connectivity index is 2.67. The minimum atomic E-state index is -0.795. The molecule has 0 bridgehead atoms. The third-order valence-corrected chi connectivity index (χ3v) is 2.82. The zero-order chi connectivity index (χ0) is 10.8. The van der Waals surface area contributed by atoms with Crippen molar-refractivity contribution < 1.29 is 15.0 Å². The molecule has 80 valence electrons. The first-order valence-electron chi connectivity index (χ1n) is 5.00. The second-order valence-electron chi connectivity index (χ2n) is 4.42. The van der Waals surface area contributed by atoms with Gasteiger partial charge in [0.1, 0.15) is 0 Å². The van der Waals surface area contributed by atoms with E-state index in [1.165, 1.54) is 0 Å². The van der Waals surface area contributed by atoms with Crippen LogP contribution >= 0.6 is 0 Å². The molecule has 14 heavy (non-hydrogen) atoms. The van der Waals surface area contributed by atoms with Crippen molar-refractivity contribution in [2.45, 2.75) is 38.7 Å². The molecule has 0 aliphatic heterocycles. The van der Waals surface area contributed by atoms with Gasteiger partial charge in [-0.25, -0.2) is 0 Å². The summed E-state index contributed by atoms with van der Waals surface area (Å²) >= 11 is 0. The van der Waals surface area contributed by atoms with E-state index >= 15 is 0 Å². The van der Waals surface area contributed by atoms with Crippen LogP contribution in [0.2, 0.25) is 0 Å². The molecule has 3 heteroatoms. The first kappa shape index (κ1) is 11.4. The van der Waals surface area contributed by atoms with Gasteiger partial charge in [0.05, 0.1) is 5.60 Å². The predicted octanol–water partition coefficient (Wildman–Crippen LogP) is 1.05. The number of hydrogen-bond acceptors (Lipinski definition) is 3. The summed E-state index contributed by atoms with van der Waals surface area (Å²) in [6, 6.07) is 0. The third-order valence-electron chi connectivity index (χ3n) is 2.82. The molecule has 1 aliphatic rings. The SMILES string of the molecule is CC(C)(O)[C@@H]1CC=C(CCO)C(=O)C1. The van der Waals surface area contributed by atoms with Crippen molar-refractivity contribution in [1.29, 1.82) is 0 Å². The summed E-state index contributed by atoms with van der Waals surface area (Å²) in [6.45, 7) is 3.48. The van der Waals surface area contributed by atoms with Crippen LogP contribution < -0.4 is 0 Å².